The van der Waals surface area contributed by atoms with E-state index in [0.717, 1.165) is 18.2 Å². The molecule has 3 rings (SSSR count). The molecule has 0 atom stereocenters. The van der Waals surface area contributed by atoms with Crippen LogP contribution in [-0.2, 0) is 13.7 Å². The number of aromatic nitrogens is 2. The van der Waals surface area contributed by atoms with Gasteiger partial charge in [-0.2, -0.15) is 5.10 Å². The van der Waals surface area contributed by atoms with Gasteiger partial charge in [0.1, 0.15) is 23.9 Å². The summed E-state index contributed by atoms with van der Waals surface area (Å²) in [4.78, 5) is 22.6. The van der Waals surface area contributed by atoms with Crippen LogP contribution in [0, 0.1) is 15.9 Å². The summed E-state index contributed by atoms with van der Waals surface area (Å²) in [6.07, 6.45) is 4.69. The third-order valence-electron chi connectivity index (χ3n) is 4.20. The predicted octanol–water partition coefficient (Wildman–Crippen LogP) is 3.95. The Balaban J connectivity index is 1.80. The van der Waals surface area contributed by atoms with E-state index in [1.165, 1.54) is 17.9 Å². The summed E-state index contributed by atoms with van der Waals surface area (Å²) in [6.45, 7) is -0.0939. The van der Waals surface area contributed by atoms with Gasteiger partial charge in [0.15, 0.2) is 5.75 Å². The number of nitrogens with zero attached hydrogens (tertiary/aromatic N) is 3. The van der Waals surface area contributed by atoms with E-state index in [1.54, 1.807) is 43.6 Å². The number of hydrogen-bond donors (Lipinski definition) is 0. The minimum Gasteiger partial charge on any atom is -0.496 e. The van der Waals surface area contributed by atoms with Crippen molar-refractivity contribution in [3.63, 3.8) is 0 Å². The number of benzene rings is 2. The highest BCUT2D eigenvalue weighted by molar-refractivity contribution is 6.05. The Kier molecular flexibility index (Phi) is 6.21. The zero-order chi connectivity index (χ0) is 21.7. The lowest BCUT2D eigenvalue weighted by Crippen LogP contribution is -2.02. The summed E-state index contributed by atoms with van der Waals surface area (Å²) >= 11 is 0. The molecule has 9 heteroatoms. The van der Waals surface area contributed by atoms with E-state index in [9.17, 15) is 19.3 Å². The first-order chi connectivity index (χ1) is 14.4. The molecular formula is C21H18FN3O5. The van der Waals surface area contributed by atoms with Crippen molar-refractivity contribution >= 4 is 17.5 Å². The molecule has 0 aliphatic carbocycles. The molecule has 1 aromatic heterocycles. The van der Waals surface area contributed by atoms with Gasteiger partial charge >= 0.3 is 5.69 Å². The van der Waals surface area contributed by atoms with Crippen LogP contribution in [0.15, 0.2) is 54.7 Å². The van der Waals surface area contributed by atoms with Gasteiger partial charge in [-0.05, 0) is 35.9 Å². The molecule has 0 radical (unpaired) electrons. The predicted molar refractivity (Wildman–Crippen MR) is 107 cm³/mol. The number of hydrogen-bond acceptors (Lipinski definition) is 6. The van der Waals surface area contributed by atoms with Crippen molar-refractivity contribution in [1.29, 1.82) is 0 Å². The minimum absolute atomic E-state index is 0.0939. The summed E-state index contributed by atoms with van der Waals surface area (Å²) in [5, 5.41) is 15.2. The van der Waals surface area contributed by atoms with E-state index >= 15 is 0 Å². The Bertz CT molecular complexity index is 1120. The van der Waals surface area contributed by atoms with E-state index in [0.29, 0.717) is 22.6 Å². The molecule has 0 N–H and O–H groups in total. The van der Waals surface area contributed by atoms with Crippen molar-refractivity contribution in [3.05, 3.63) is 87.5 Å². The van der Waals surface area contributed by atoms with Crippen LogP contribution in [0.4, 0.5) is 10.1 Å². The number of ketones is 1. The molecule has 0 spiro atoms. The first-order valence-corrected chi connectivity index (χ1v) is 8.83. The number of rotatable bonds is 8. The second-order valence-electron chi connectivity index (χ2n) is 6.30. The summed E-state index contributed by atoms with van der Waals surface area (Å²) in [7, 11) is 3.20. The average Bonchev–Trinajstić information content (AvgIpc) is 3.16. The number of carbonyl (C=O) groups is 1. The Hall–Kier alpha value is -4.01. The van der Waals surface area contributed by atoms with E-state index < -0.39 is 10.7 Å². The standard InChI is InChI=1S/C21H18FN3O5/c1-24-10-9-17(23-24)19(26)7-3-14-4-8-20(29-2)15(11-14)13-30-21-12-16(22)5-6-18(21)25(27)28/h3-12H,13H2,1-2H3/b7-3+. The van der Waals surface area contributed by atoms with Gasteiger partial charge in [-0.3, -0.25) is 19.6 Å². The maximum absolute atomic E-state index is 13.5. The molecule has 0 saturated carbocycles. The van der Waals surface area contributed by atoms with Crippen LogP contribution in [0.2, 0.25) is 0 Å². The molecule has 3 aromatic rings. The molecule has 1 heterocycles. The molecule has 0 amide bonds. The van der Waals surface area contributed by atoms with Gasteiger partial charge in [0.2, 0.25) is 5.78 Å². The normalized spacial score (nSPS) is 10.9. The summed E-state index contributed by atoms with van der Waals surface area (Å²) in [6, 6.07) is 9.76. The molecule has 0 fully saturated rings. The Morgan fingerprint density at radius 1 is 1.23 bits per heavy atom. The molecule has 0 bridgehead atoms. The first kappa shape index (κ1) is 20.7. The minimum atomic E-state index is -0.646. The molecule has 0 unspecified atom stereocenters. The molecule has 8 nitrogen and oxygen atoms in total. The van der Waals surface area contributed by atoms with Crippen molar-refractivity contribution in [3.8, 4) is 11.5 Å². The SMILES string of the molecule is COc1ccc(/C=C/C(=O)c2ccn(C)n2)cc1COc1cc(F)ccc1[N+](=O)[O-]. The van der Waals surface area contributed by atoms with Crippen LogP contribution in [0.1, 0.15) is 21.6 Å². The van der Waals surface area contributed by atoms with Crippen molar-refractivity contribution < 1.29 is 23.6 Å². The summed E-state index contributed by atoms with van der Waals surface area (Å²) in [5.74, 6) is -0.595. The van der Waals surface area contributed by atoms with Crippen LogP contribution in [0.25, 0.3) is 6.08 Å². The topological polar surface area (TPSA) is 96.5 Å². The fourth-order valence-corrected chi connectivity index (χ4v) is 2.73. The third-order valence-corrected chi connectivity index (χ3v) is 4.20. The van der Waals surface area contributed by atoms with Gasteiger partial charge in [-0.15, -0.1) is 0 Å². The molecule has 0 aliphatic heterocycles. The molecular weight excluding hydrogens is 393 g/mol. The smallest absolute Gasteiger partial charge is 0.311 e. The van der Waals surface area contributed by atoms with Crippen molar-refractivity contribution in [2.75, 3.05) is 7.11 Å². The van der Waals surface area contributed by atoms with Crippen LogP contribution in [0.5, 0.6) is 11.5 Å². The quantitative estimate of drug-likeness (QED) is 0.241. The second-order valence-corrected chi connectivity index (χ2v) is 6.30. The Morgan fingerprint density at radius 3 is 2.70 bits per heavy atom. The maximum Gasteiger partial charge on any atom is 0.311 e. The van der Waals surface area contributed by atoms with E-state index in [4.69, 9.17) is 9.47 Å². The van der Waals surface area contributed by atoms with Gasteiger partial charge in [0, 0.05) is 30.9 Å². The fourth-order valence-electron chi connectivity index (χ4n) is 2.73. The number of nitro benzene ring substituents is 1. The monoisotopic (exact) mass is 411 g/mol. The van der Waals surface area contributed by atoms with E-state index in [2.05, 4.69) is 5.10 Å². The number of carbonyl (C=O) groups excluding carboxylic acids is 1. The average molecular weight is 411 g/mol. The van der Waals surface area contributed by atoms with Crippen LogP contribution < -0.4 is 9.47 Å². The molecule has 154 valence electrons. The zero-order valence-corrected chi connectivity index (χ0v) is 16.2. The number of allylic oxidation sites excluding steroid dienone is 1. The highest BCUT2D eigenvalue weighted by atomic mass is 19.1. The lowest BCUT2D eigenvalue weighted by Gasteiger charge is -2.11. The summed E-state index contributed by atoms with van der Waals surface area (Å²) in [5.41, 5.74) is 1.24. The lowest BCUT2D eigenvalue weighted by molar-refractivity contribution is -0.386. The van der Waals surface area contributed by atoms with Crippen molar-refractivity contribution in [2.45, 2.75) is 6.61 Å². The number of methoxy groups -OCH3 is 1. The molecule has 30 heavy (non-hydrogen) atoms. The van der Waals surface area contributed by atoms with Gasteiger partial charge in [0.05, 0.1) is 12.0 Å². The van der Waals surface area contributed by atoms with Crippen molar-refractivity contribution in [1.82, 2.24) is 9.78 Å². The number of aryl methyl sites for hydroxylation is 1. The molecule has 2 aromatic carbocycles. The van der Waals surface area contributed by atoms with Crippen LogP contribution >= 0.6 is 0 Å². The number of ether oxygens (including phenoxy) is 2. The van der Waals surface area contributed by atoms with Gasteiger partial charge < -0.3 is 9.47 Å². The highest BCUT2D eigenvalue weighted by Gasteiger charge is 2.17. The lowest BCUT2D eigenvalue weighted by atomic mass is 10.1. The largest absolute Gasteiger partial charge is 0.496 e. The molecule has 0 saturated heterocycles. The second kappa shape index (κ2) is 8.99. The zero-order valence-electron chi connectivity index (χ0n) is 16.2. The first-order valence-electron chi connectivity index (χ1n) is 8.83. The van der Waals surface area contributed by atoms with E-state index in [1.807, 2.05) is 0 Å². The van der Waals surface area contributed by atoms with Gasteiger partial charge in [-0.1, -0.05) is 12.1 Å². The third kappa shape index (κ3) is 4.88. The number of nitro groups is 1. The van der Waals surface area contributed by atoms with Gasteiger partial charge in [-0.25, -0.2) is 4.39 Å². The number of halogens is 1. The Morgan fingerprint density at radius 2 is 2.03 bits per heavy atom. The van der Waals surface area contributed by atoms with Crippen LogP contribution in [0.3, 0.4) is 0 Å². The van der Waals surface area contributed by atoms with Crippen molar-refractivity contribution in [2.24, 2.45) is 7.05 Å². The van der Waals surface area contributed by atoms with E-state index in [-0.39, 0.29) is 23.8 Å². The Labute approximate surface area is 171 Å². The van der Waals surface area contributed by atoms with Crippen LogP contribution in [-0.4, -0.2) is 27.6 Å². The fraction of sp³-hybridized carbons (Fsp3) is 0.143. The summed E-state index contributed by atoms with van der Waals surface area (Å²) < 4.78 is 25.8. The van der Waals surface area contributed by atoms with Gasteiger partial charge in [0.25, 0.3) is 0 Å². The molecule has 0 aliphatic rings. The maximum atomic E-state index is 13.5. The highest BCUT2D eigenvalue weighted by Crippen LogP contribution is 2.30.